The Hall–Kier alpha value is 0.270. The lowest BCUT2D eigenvalue weighted by Gasteiger charge is -2.30. The predicted octanol–water partition coefficient (Wildman–Crippen LogP) is 1.85. The highest BCUT2D eigenvalue weighted by atomic mass is 32.2. The largest absolute Gasteiger partial charge is 0.379 e. The molecule has 0 atom stereocenters. The average Bonchev–Trinajstić information content (AvgIpc) is 2.17. The van der Waals surface area contributed by atoms with Gasteiger partial charge in [0.25, 0.3) is 0 Å². The van der Waals surface area contributed by atoms with Gasteiger partial charge in [-0.05, 0) is 19.2 Å². The van der Waals surface area contributed by atoms with Crippen molar-refractivity contribution in [1.29, 1.82) is 0 Å². The Labute approximate surface area is 86.0 Å². The molecule has 1 fully saturated rings. The molecule has 0 aliphatic carbocycles. The molecule has 0 aromatic rings. The molecule has 78 valence electrons. The maximum Gasteiger partial charge on any atom is 0.0594 e. The van der Waals surface area contributed by atoms with Gasteiger partial charge in [-0.15, -0.1) is 0 Å². The highest BCUT2D eigenvalue weighted by Crippen LogP contribution is 2.25. The number of hydrogen-bond donors (Lipinski definition) is 0. The fraction of sp³-hybridized carbons (Fsp3) is 1.00. The lowest BCUT2D eigenvalue weighted by molar-refractivity contribution is 0.0365. The molecule has 13 heavy (non-hydrogen) atoms. The third-order valence-electron chi connectivity index (χ3n) is 2.69. The van der Waals surface area contributed by atoms with Crippen molar-refractivity contribution in [3.05, 3.63) is 0 Å². The van der Waals surface area contributed by atoms with E-state index in [1.807, 2.05) is 11.8 Å². The first-order valence-electron chi connectivity index (χ1n) is 4.99. The number of nitrogens with zero attached hydrogens (tertiary/aromatic N) is 1. The van der Waals surface area contributed by atoms with Crippen molar-refractivity contribution in [1.82, 2.24) is 4.90 Å². The SMILES string of the molecule is CSC(C)(C)CCN1CCOCC1. The number of hydrogen-bond acceptors (Lipinski definition) is 3. The average molecular weight is 203 g/mol. The number of thioether (sulfide) groups is 1. The minimum absolute atomic E-state index is 0.429. The van der Waals surface area contributed by atoms with Gasteiger partial charge in [0, 0.05) is 17.8 Å². The van der Waals surface area contributed by atoms with E-state index in [0.717, 1.165) is 26.3 Å². The summed E-state index contributed by atoms with van der Waals surface area (Å²) >= 11 is 1.96. The molecule has 0 aromatic heterocycles. The molecule has 0 amide bonds. The van der Waals surface area contributed by atoms with Gasteiger partial charge in [-0.3, -0.25) is 4.90 Å². The van der Waals surface area contributed by atoms with Gasteiger partial charge in [-0.1, -0.05) is 13.8 Å². The highest BCUT2D eigenvalue weighted by Gasteiger charge is 2.18. The van der Waals surface area contributed by atoms with Crippen LogP contribution in [0.2, 0.25) is 0 Å². The molecule has 0 aromatic carbocycles. The molecule has 0 bridgehead atoms. The molecular formula is C10H21NOS. The second-order valence-electron chi connectivity index (χ2n) is 4.17. The van der Waals surface area contributed by atoms with Gasteiger partial charge in [-0.2, -0.15) is 11.8 Å². The Kier molecular flexibility index (Phi) is 4.56. The molecule has 1 rings (SSSR count). The minimum Gasteiger partial charge on any atom is -0.379 e. The van der Waals surface area contributed by atoms with Crippen LogP contribution in [0.1, 0.15) is 20.3 Å². The molecule has 0 N–H and O–H groups in total. The van der Waals surface area contributed by atoms with Gasteiger partial charge in [0.15, 0.2) is 0 Å². The molecule has 1 saturated heterocycles. The summed E-state index contributed by atoms with van der Waals surface area (Å²) in [6.45, 7) is 9.92. The lowest BCUT2D eigenvalue weighted by atomic mass is 10.1. The van der Waals surface area contributed by atoms with Crippen LogP contribution < -0.4 is 0 Å². The molecule has 3 heteroatoms. The second kappa shape index (κ2) is 5.23. The van der Waals surface area contributed by atoms with Crippen LogP contribution in [-0.2, 0) is 4.74 Å². The number of rotatable bonds is 4. The van der Waals surface area contributed by atoms with Gasteiger partial charge in [0.05, 0.1) is 13.2 Å². The molecule has 2 nitrogen and oxygen atoms in total. The van der Waals surface area contributed by atoms with E-state index in [0.29, 0.717) is 4.75 Å². The molecule has 1 aliphatic rings. The Morgan fingerprint density at radius 3 is 2.46 bits per heavy atom. The van der Waals surface area contributed by atoms with Crippen LogP contribution in [0.25, 0.3) is 0 Å². The van der Waals surface area contributed by atoms with E-state index in [4.69, 9.17) is 4.74 Å². The first-order valence-corrected chi connectivity index (χ1v) is 6.22. The highest BCUT2D eigenvalue weighted by molar-refractivity contribution is 7.99. The van der Waals surface area contributed by atoms with Crippen LogP contribution in [-0.4, -0.2) is 48.8 Å². The van der Waals surface area contributed by atoms with Crippen LogP contribution in [0.3, 0.4) is 0 Å². The van der Waals surface area contributed by atoms with Gasteiger partial charge in [0.1, 0.15) is 0 Å². The molecule has 0 unspecified atom stereocenters. The zero-order chi connectivity index (χ0) is 9.73. The predicted molar refractivity (Wildman–Crippen MR) is 59.5 cm³/mol. The van der Waals surface area contributed by atoms with E-state index in [1.165, 1.54) is 13.0 Å². The summed E-state index contributed by atoms with van der Waals surface area (Å²) in [4.78, 5) is 2.50. The van der Waals surface area contributed by atoms with E-state index in [-0.39, 0.29) is 0 Å². The first-order chi connectivity index (χ1) is 6.14. The number of morpholine rings is 1. The molecule has 1 aliphatic heterocycles. The van der Waals surface area contributed by atoms with Crippen molar-refractivity contribution in [3.63, 3.8) is 0 Å². The van der Waals surface area contributed by atoms with Crippen molar-refractivity contribution >= 4 is 11.8 Å². The van der Waals surface area contributed by atoms with E-state index < -0.39 is 0 Å². The van der Waals surface area contributed by atoms with E-state index in [9.17, 15) is 0 Å². The van der Waals surface area contributed by atoms with Crippen LogP contribution in [0.15, 0.2) is 0 Å². The van der Waals surface area contributed by atoms with E-state index in [1.54, 1.807) is 0 Å². The fourth-order valence-corrected chi connectivity index (χ4v) is 1.65. The Balaban J connectivity index is 2.17. The molecule has 0 spiro atoms. The Morgan fingerprint density at radius 1 is 1.31 bits per heavy atom. The summed E-state index contributed by atoms with van der Waals surface area (Å²) in [7, 11) is 0. The zero-order valence-electron chi connectivity index (χ0n) is 9.01. The van der Waals surface area contributed by atoms with Gasteiger partial charge >= 0.3 is 0 Å². The summed E-state index contributed by atoms with van der Waals surface area (Å²) < 4.78 is 5.74. The standard InChI is InChI=1S/C10H21NOS/c1-10(2,13-3)4-5-11-6-8-12-9-7-11/h4-9H2,1-3H3. The lowest BCUT2D eigenvalue weighted by Crippen LogP contribution is -2.38. The smallest absolute Gasteiger partial charge is 0.0594 e. The van der Waals surface area contributed by atoms with Gasteiger partial charge in [0.2, 0.25) is 0 Å². The fourth-order valence-electron chi connectivity index (χ4n) is 1.35. The van der Waals surface area contributed by atoms with Gasteiger partial charge < -0.3 is 4.74 Å². The van der Waals surface area contributed by atoms with E-state index >= 15 is 0 Å². The number of ether oxygens (including phenoxy) is 1. The first kappa shape index (κ1) is 11.3. The van der Waals surface area contributed by atoms with Crippen LogP contribution in [0, 0.1) is 0 Å². The minimum atomic E-state index is 0.429. The van der Waals surface area contributed by atoms with Crippen LogP contribution in [0.4, 0.5) is 0 Å². The van der Waals surface area contributed by atoms with E-state index in [2.05, 4.69) is 25.0 Å². The molecular weight excluding hydrogens is 182 g/mol. The summed E-state index contributed by atoms with van der Waals surface area (Å²) in [5, 5.41) is 0. The third kappa shape index (κ3) is 4.34. The monoisotopic (exact) mass is 203 g/mol. The van der Waals surface area contributed by atoms with Crippen molar-refractivity contribution in [3.8, 4) is 0 Å². The Morgan fingerprint density at radius 2 is 1.92 bits per heavy atom. The normalized spacial score (nSPS) is 20.5. The second-order valence-corrected chi connectivity index (χ2v) is 5.68. The van der Waals surface area contributed by atoms with Crippen molar-refractivity contribution < 1.29 is 4.74 Å². The van der Waals surface area contributed by atoms with Crippen molar-refractivity contribution in [2.75, 3.05) is 39.1 Å². The summed E-state index contributed by atoms with van der Waals surface area (Å²) in [5.41, 5.74) is 0. The maximum absolute atomic E-state index is 5.31. The van der Waals surface area contributed by atoms with Crippen LogP contribution in [0.5, 0.6) is 0 Å². The molecule has 1 heterocycles. The third-order valence-corrected chi connectivity index (χ3v) is 4.00. The summed E-state index contributed by atoms with van der Waals surface area (Å²) in [6, 6.07) is 0. The van der Waals surface area contributed by atoms with Crippen molar-refractivity contribution in [2.45, 2.75) is 25.0 Å². The summed E-state index contributed by atoms with van der Waals surface area (Å²) in [6.07, 6.45) is 3.47. The van der Waals surface area contributed by atoms with Crippen LogP contribution >= 0.6 is 11.8 Å². The quantitative estimate of drug-likeness (QED) is 0.692. The zero-order valence-corrected chi connectivity index (χ0v) is 9.82. The molecule has 0 radical (unpaired) electrons. The summed E-state index contributed by atoms with van der Waals surface area (Å²) in [5.74, 6) is 0. The maximum atomic E-state index is 5.31. The Bertz CT molecular complexity index is 144. The topological polar surface area (TPSA) is 12.5 Å². The van der Waals surface area contributed by atoms with Gasteiger partial charge in [-0.25, -0.2) is 0 Å². The molecule has 0 saturated carbocycles. The van der Waals surface area contributed by atoms with Crippen molar-refractivity contribution in [2.24, 2.45) is 0 Å².